The maximum Gasteiger partial charge on any atom is 0.387 e. The van der Waals surface area contributed by atoms with Gasteiger partial charge in [-0.1, -0.05) is 13.3 Å². The van der Waals surface area contributed by atoms with Crippen LogP contribution in [0.3, 0.4) is 0 Å². The minimum Gasteiger partial charge on any atom is -0.432 e. The maximum absolute atomic E-state index is 13.4. The largest absolute Gasteiger partial charge is 0.432 e. The van der Waals surface area contributed by atoms with Crippen molar-refractivity contribution in [3.8, 4) is 5.75 Å². The maximum atomic E-state index is 13.4. The first-order valence-electron chi connectivity index (χ1n) is 6.31. The number of nitrogens with one attached hydrogen (secondary N) is 1. The van der Waals surface area contributed by atoms with Crippen LogP contribution in [0.5, 0.6) is 5.75 Å². The lowest BCUT2D eigenvalue weighted by atomic mass is 10.2. The molecular weight excluding hydrogens is 257 g/mol. The summed E-state index contributed by atoms with van der Waals surface area (Å²) in [5, 5.41) is 3.14. The third-order valence-electron chi connectivity index (χ3n) is 3.24. The summed E-state index contributed by atoms with van der Waals surface area (Å²) in [6.07, 6.45) is 3.23. The highest BCUT2D eigenvalue weighted by atomic mass is 19.3. The van der Waals surface area contributed by atoms with Gasteiger partial charge in [-0.15, -0.1) is 0 Å². The van der Waals surface area contributed by atoms with Crippen molar-refractivity contribution in [2.24, 2.45) is 5.92 Å². The summed E-state index contributed by atoms with van der Waals surface area (Å²) in [6.45, 7) is -0.948. The van der Waals surface area contributed by atoms with E-state index in [1.807, 2.05) is 0 Å². The third-order valence-corrected chi connectivity index (χ3v) is 3.24. The molecule has 0 aromatic heterocycles. The molecule has 3 N–H and O–H groups in total. The fraction of sp³-hybridized carbons (Fsp3) is 0.538. The number of hydrogen-bond acceptors (Lipinski definition) is 3. The first-order valence-corrected chi connectivity index (χ1v) is 6.31. The van der Waals surface area contributed by atoms with E-state index in [4.69, 9.17) is 5.73 Å². The third kappa shape index (κ3) is 3.45. The molecule has 1 saturated carbocycles. The van der Waals surface area contributed by atoms with Crippen LogP contribution in [0.2, 0.25) is 0 Å². The minimum absolute atomic E-state index is 0.196. The molecule has 2 rings (SSSR count). The molecule has 0 aliphatic heterocycles. The SMILES string of the molecule is CCCC1CC1Nc1cc(OC(F)F)c(F)cc1N. The molecule has 0 radical (unpaired) electrons. The van der Waals surface area contributed by atoms with Gasteiger partial charge in [-0.05, 0) is 18.8 Å². The molecule has 1 aromatic rings. The smallest absolute Gasteiger partial charge is 0.387 e. The molecule has 106 valence electrons. The normalized spacial score (nSPS) is 21.5. The number of hydrogen-bond donors (Lipinski definition) is 2. The molecule has 2 unspecified atom stereocenters. The van der Waals surface area contributed by atoms with Crippen molar-refractivity contribution in [3.63, 3.8) is 0 Å². The standard InChI is InChI=1S/C13H17F3N2O/c1-2-3-7-4-10(7)18-11-6-12(19-13(15)16)8(14)5-9(11)17/h5-7,10,13,18H,2-4,17H2,1H3. The van der Waals surface area contributed by atoms with Crippen LogP contribution in [-0.2, 0) is 0 Å². The van der Waals surface area contributed by atoms with Gasteiger partial charge in [0.1, 0.15) is 0 Å². The molecule has 1 aromatic carbocycles. The molecule has 1 fully saturated rings. The Labute approximate surface area is 109 Å². The Kier molecular flexibility index (Phi) is 4.07. The summed E-state index contributed by atoms with van der Waals surface area (Å²) in [6, 6.07) is 2.47. The highest BCUT2D eigenvalue weighted by Gasteiger charge is 2.36. The fourth-order valence-corrected chi connectivity index (χ4v) is 2.19. The molecule has 2 atom stereocenters. The Morgan fingerprint density at radius 3 is 2.84 bits per heavy atom. The topological polar surface area (TPSA) is 47.3 Å². The van der Waals surface area contributed by atoms with E-state index < -0.39 is 18.2 Å². The minimum atomic E-state index is -3.06. The molecule has 6 heteroatoms. The second kappa shape index (κ2) is 5.59. The second-order valence-corrected chi connectivity index (χ2v) is 4.78. The highest BCUT2D eigenvalue weighted by molar-refractivity contribution is 5.69. The lowest BCUT2D eigenvalue weighted by Gasteiger charge is -2.12. The number of benzene rings is 1. The van der Waals surface area contributed by atoms with Gasteiger partial charge >= 0.3 is 6.61 Å². The van der Waals surface area contributed by atoms with Crippen molar-refractivity contribution in [2.75, 3.05) is 11.1 Å². The average molecular weight is 274 g/mol. The average Bonchev–Trinajstić information content (AvgIpc) is 3.03. The summed E-state index contributed by atoms with van der Waals surface area (Å²) in [5.41, 5.74) is 6.31. The van der Waals surface area contributed by atoms with E-state index >= 15 is 0 Å². The van der Waals surface area contributed by atoms with Crippen LogP contribution in [0.1, 0.15) is 26.2 Å². The second-order valence-electron chi connectivity index (χ2n) is 4.78. The summed E-state index contributed by atoms with van der Waals surface area (Å²) >= 11 is 0. The van der Waals surface area contributed by atoms with Gasteiger partial charge in [0.05, 0.1) is 11.4 Å². The molecule has 0 amide bonds. The van der Waals surface area contributed by atoms with E-state index in [1.54, 1.807) is 0 Å². The molecular formula is C13H17F3N2O. The molecule has 0 bridgehead atoms. The molecule has 0 saturated heterocycles. The fourth-order valence-electron chi connectivity index (χ4n) is 2.19. The van der Waals surface area contributed by atoms with Gasteiger partial charge < -0.3 is 15.8 Å². The van der Waals surface area contributed by atoms with Crippen LogP contribution in [-0.4, -0.2) is 12.7 Å². The zero-order chi connectivity index (χ0) is 14.0. The number of anilines is 2. The van der Waals surface area contributed by atoms with Crippen molar-refractivity contribution < 1.29 is 17.9 Å². The van der Waals surface area contributed by atoms with Gasteiger partial charge in [0, 0.05) is 18.2 Å². The first kappa shape index (κ1) is 13.8. The van der Waals surface area contributed by atoms with Crippen molar-refractivity contribution in [2.45, 2.75) is 38.8 Å². The van der Waals surface area contributed by atoms with E-state index in [0.29, 0.717) is 11.6 Å². The van der Waals surface area contributed by atoms with E-state index in [0.717, 1.165) is 25.3 Å². The monoisotopic (exact) mass is 274 g/mol. The first-order chi connectivity index (χ1) is 9.01. The number of alkyl halides is 2. The van der Waals surface area contributed by atoms with E-state index in [1.165, 1.54) is 6.07 Å². The predicted octanol–water partition coefficient (Wildman–Crippen LogP) is 3.61. The van der Waals surface area contributed by atoms with Crippen LogP contribution < -0.4 is 15.8 Å². The highest BCUT2D eigenvalue weighted by Crippen LogP contribution is 2.39. The zero-order valence-electron chi connectivity index (χ0n) is 10.6. The van der Waals surface area contributed by atoms with Crippen LogP contribution in [0.4, 0.5) is 24.5 Å². The number of nitrogen functional groups attached to an aromatic ring is 1. The van der Waals surface area contributed by atoms with Crippen LogP contribution in [0.15, 0.2) is 12.1 Å². The molecule has 0 spiro atoms. The zero-order valence-corrected chi connectivity index (χ0v) is 10.6. The summed E-state index contributed by atoms with van der Waals surface area (Å²) in [5.74, 6) is -0.794. The Morgan fingerprint density at radius 2 is 2.21 bits per heavy atom. The van der Waals surface area contributed by atoms with E-state index in [9.17, 15) is 13.2 Å². The van der Waals surface area contributed by atoms with E-state index in [2.05, 4.69) is 17.0 Å². The van der Waals surface area contributed by atoms with Gasteiger partial charge in [-0.3, -0.25) is 0 Å². The van der Waals surface area contributed by atoms with Crippen molar-refractivity contribution in [1.29, 1.82) is 0 Å². The number of nitrogens with two attached hydrogens (primary N) is 1. The summed E-state index contributed by atoms with van der Waals surface area (Å²) in [7, 11) is 0. The Bertz CT molecular complexity index is 454. The van der Waals surface area contributed by atoms with Crippen molar-refractivity contribution in [1.82, 2.24) is 0 Å². The molecule has 19 heavy (non-hydrogen) atoms. The quantitative estimate of drug-likeness (QED) is 0.779. The van der Waals surface area contributed by atoms with E-state index in [-0.39, 0.29) is 11.7 Å². The Morgan fingerprint density at radius 1 is 1.47 bits per heavy atom. The Hall–Kier alpha value is -1.59. The van der Waals surface area contributed by atoms with Crippen LogP contribution >= 0.6 is 0 Å². The number of ether oxygens (including phenoxy) is 1. The summed E-state index contributed by atoms with van der Waals surface area (Å²) < 4.78 is 41.7. The van der Waals surface area contributed by atoms with Gasteiger partial charge in [0.2, 0.25) is 0 Å². The van der Waals surface area contributed by atoms with Gasteiger partial charge in [0.15, 0.2) is 11.6 Å². The van der Waals surface area contributed by atoms with Gasteiger partial charge in [-0.25, -0.2) is 4.39 Å². The predicted molar refractivity (Wildman–Crippen MR) is 67.9 cm³/mol. The number of rotatable bonds is 6. The summed E-state index contributed by atoms with van der Waals surface area (Å²) in [4.78, 5) is 0. The van der Waals surface area contributed by atoms with Crippen LogP contribution in [0, 0.1) is 11.7 Å². The Balaban J connectivity index is 2.07. The van der Waals surface area contributed by atoms with Crippen LogP contribution in [0.25, 0.3) is 0 Å². The lowest BCUT2D eigenvalue weighted by molar-refractivity contribution is -0.0521. The molecule has 0 heterocycles. The molecule has 1 aliphatic rings. The van der Waals surface area contributed by atoms with Gasteiger partial charge in [-0.2, -0.15) is 8.78 Å². The van der Waals surface area contributed by atoms with Crippen molar-refractivity contribution in [3.05, 3.63) is 17.9 Å². The lowest BCUT2D eigenvalue weighted by Crippen LogP contribution is -2.09. The van der Waals surface area contributed by atoms with Crippen molar-refractivity contribution >= 4 is 11.4 Å². The van der Waals surface area contributed by atoms with Gasteiger partial charge in [0.25, 0.3) is 0 Å². The number of halogens is 3. The molecule has 1 aliphatic carbocycles. The molecule has 3 nitrogen and oxygen atoms in total.